The van der Waals surface area contributed by atoms with E-state index in [9.17, 15) is 4.79 Å². The Bertz CT molecular complexity index is 492. The van der Waals surface area contributed by atoms with E-state index in [0.717, 1.165) is 5.56 Å². The molecule has 0 fully saturated rings. The van der Waals surface area contributed by atoms with E-state index >= 15 is 0 Å². The van der Waals surface area contributed by atoms with E-state index in [1.165, 1.54) is 0 Å². The van der Waals surface area contributed by atoms with Crippen LogP contribution in [0.1, 0.15) is 31.5 Å². The van der Waals surface area contributed by atoms with Gasteiger partial charge in [-0.25, -0.2) is 9.97 Å². The van der Waals surface area contributed by atoms with Crippen molar-refractivity contribution in [3.63, 3.8) is 0 Å². The van der Waals surface area contributed by atoms with Crippen LogP contribution in [0.2, 0.25) is 0 Å². The zero-order chi connectivity index (χ0) is 13.4. The average molecular weight is 246 g/mol. The van der Waals surface area contributed by atoms with Gasteiger partial charge >= 0.3 is 0 Å². The second-order valence-corrected chi connectivity index (χ2v) is 3.51. The number of amides is 1. The van der Waals surface area contributed by atoms with Crippen molar-refractivity contribution in [2.24, 2.45) is 4.99 Å². The Kier molecular flexibility index (Phi) is 5.44. The number of nitrogens with zero attached hydrogens (tertiary/aromatic N) is 3. The summed E-state index contributed by atoms with van der Waals surface area (Å²) in [5.41, 5.74) is 1.56. The fourth-order valence-electron chi connectivity index (χ4n) is 1.12. The van der Waals surface area contributed by atoms with Gasteiger partial charge in [-0.1, -0.05) is 6.08 Å². The number of aryl methyl sites for hydroxylation is 1. The summed E-state index contributed by atoms with van der Waals surface area (Å²) in [5.74, 6) is -0.194. The average Bonchev–Trinajstić information content (AvgIpc) is 2.38. The molecule has 5 heteroatoms. The van der Waals surface area contributed by atoms with Gasteiger partial charge in [0, 0.05) is 31.9 Å². The van der Waals surface area contributed by atoms with Gasteiger partial charge in [0.2, 0.25) is 5.82 Å². The molecule has 0 saturated carbocycles. The van der Waals surface area contributed by atoms with Crippen LogP contribution in [-0.4, -0.2) is 22.1 Å². The molecular formula is C13H18N4O. The molecule has 1 amide bonds. The summed E-state index contributed by atoms with van der Waals surface area (Å²) in [6.07, 6.45) is 9.95. The van der Waals surface area contributed by atoms with Gasteiger partial charge in [0.05, 0.1) is 0 Å². The van der Waals surface area contributed by atoms with Crippen LogP contribution in [0.5, 0.6) is 0 Å². The van der Waals surface area contributed by atoms with Crippen molar-refractivity contribution in [3.05, 3.63) is 47.8 Å². The Morgan fingerprint density at radius 1 is 1.39 bits per heavy atom. The van der Waals surface area contributed by atoms with Gasteiger partial charge < -0.3 is 5.32 Å². The maximum atomic E-state index is 11.8. The van der Waals surface area contributed by atoms with Gasteiger partial charge in [0.25, 0.3) is 5.91 Å². The van der Waals surface area contributed by atoms with Crippen molar-refractivity contribution in [1.29, 1.82) is 0 Å². The number of aromatic nitrogens is 2. The standard InChI is InChI=1S/C13H16N4O.H2/c1-4-11(6-7-14-5-2)17-13(18)12-15-8-10(3)9-16-12;/h4-9H,1-3H3,(H,17,18);1H/b7-6-,11-4+,14-5?;. The van der Waals surface area contributed by atoms with Crippen LogP contribution < -0.4 is 5.32 Å². The Morgan fingerprint density at radius 3 is 2.61 bits per heavy atom. The summed E-state index contributed by atoms with van der Waals surface area (Å²) in [6.45, 7) is 5.51. The third-order valence-corrected chi connectivity index (χ3v) is 2.04. The zero-order valence-electron chi connectivity index (χ0n) is 10.7. The normalized spacial score (nSPS) is 12.3. The molecule has 5 nitrogen and oxygen atoms in total. The minimum atomic E-state index is -0.340. The van der Waals surface area contributed by atoms with E-state index in [0.29, 0.717) is 5.70 Å². The van der Waals surface area contributed by atoms with E-state index in [1.807, 2.05) is 20.8 Å². The van der Waals surface area contributed by atoms with Crippen molar-refractivity contribution >= 4 is 12.1 Å². The van der Waals surface area contributed by atoms with E-state index in [1.54, 1.807) is 37.0 Å². The highest BCUT2D eigenvalue weighted by atomic mass is 16.2. The van der Waals surface area contributed by atoms with E-state index in [-0.39, 0.29) is 13.2 Å². The molecule has 0 radical (unpaired) electrons. The fraction of sp³-hybridized carbons (Fsp3) is 0.231. The lowest BCUT2D eigenvalue weighted by molar-refractivity contribution is 0.0956. The molecule has 0 aliphatic carbocycles. The van der Waals surface area contributed by atoms with Gasteiger partial charge in [0.1, 0.15) is 0 Å². The smallest absolute Gasteiger partial charge is 0.293 e. The number of nitrogens with one attached hydrogen (secondary N) is 1. The first-order valence-corrected chi connectivity index (χ1v) is 5.58. The van der Waals surface area contributed by atoms with Crippen molar-refractivity contribution in [2.75, 3.05) is 0 Å². The number of hydrogen-bond acceptors (Lipinski definition) is 4. The van der Waals surface area contributed by atoms with Crippen LogP contribution >= 0.6 is 0 Å². The first kappa shape index (κ1) is 13.8. The molecule has 0 bridgehead atoms. The van der Waals surface area contributed by atoms with E-state index in [4.69, 9.17) is 0 Å². The monoisotopic (exact) mass is 246 g/mol. The largest absolute Gasteiger partial charge is 0.320 e. The fourth-order valence-corrected chi connectivity index (χ4v) is 1.12. The molecule has 1 rings (SSSR count). The van der Waals surface area contributed by atoms with Crippen LogP contribution in [-0.2, 0) is 0 Å². The first-order valence-electron chi connectivity index (χ1n) is 5.58. The minimum Gasteiger partial charge on any atom is -0.320 e. The highest BCUT2D eigenvalue weighted by Gasteiger charge is 2.08. The molecular weight excluding hydrogens is 228 g/mol. The lowest BCUT2D eigenvalue weighted by Gasteiger charge is -2.04. The van der Waals surface area contributed by atoms with Gasteiger partial charge in [-0.05, 0) is 32.4 Å². The summed E-state index contributed by atoms with van der Waals surface area (Å²) < 4.78 is 0. The van der Waals surface area contributed by atoms with Gasteiger partial charge in [-0.3, -0.25) is 9.79 Å². The highest BCUT2D eigenvalue weighted by molar-refractivity contribution is 5.91. The number of aliphatic imine (C=N–C) groups is 1. The first-order chi connectivity index (χ1) is 8.67. The second-order valence-electron chi connectivity index (χ2n) is 3.51. The molecule has 1 aromatic heterocycles. The Labute approximate surface area is 108 Å². The molecule has 0 aliphatic rings. The molecule has 0 unspecified atom stereocenters. The Hall–Kier alpha value is -2.30. The molecule has 0 aliphatic heterocycles. The third-order valence-electron chi connectivity index (χ3n) is 2.04. The zero-order valence-corrected chi connectivity index (χ0v) is 10.7. The molecule has 0 saturated heterocycles. The SMILES string of the molecule is CC=N/C=C\C(=C/C)NC(=O)c1ncc(C)cn1.[HH]. The number of rotatable bonds is 4. The molecule has 18 heavy (non-hydrogen) atoms. The maximum Gasteiger partial charge on any atom is 0.293 e. The minimum absolute atomic E-state index is 0. The van der Waals surface area contributed by atoms with Gasteiger partial charge in [-0.15, -0.1) is 0 Å². The van der Waals surface area contributed by atoms with Crippen LogP contribution in [0.25, 0.3) is 0 Å². The van der Waals surface area contributed by atoms with Crippen molar-refractivity contribution in [2.45, 2.75) is 20.8 Å². The highest BCUT2D eigenvalue weighted by Crippen LogP contribution is 1.97. The van der Waals surface area contributed by atoms with Crippen molar-refractivity contribution in [1.82, 2.24) is 15.3 Å². The van der Waals surface area contributed by atoms with E-state index in [2.05, 4.69) is 20.3 Å². The molecule has 0 aromatic carbocycles. The summed E-state index contributed by atoms with van der Waals surface area (Å²) in [5, 5.41) is 2.70. The van der Waals surface area contributed by atoms with Gasteiger partial charge in [-0.2, -0.15) is 0 Å². The molecule has 0 atom stereocenters. The quantitative estimate of drug-likeness (QED) is 0.654. The Morgan fingerprint density at radius 2 is 2.06 bits per heavy atom. The van der Waals surface area contributed by atoms with Crippen LogP contribution in [0.15, 0.2) is 41.4 Å². The summed E-state index contributed by atoms with van der Waals surface area (Å²) in [7, 11) is 0. The second kappa shape index (κ2) is 7.11. The topological polar surface area (TPSA) is 67.2 Å². The predicted octanol–water partition coefficient (Wildman–Crippen LogP) is 2.27. The summed E-state index contributed by atoms with van der Waals surface area (Å²) in [6, 6.07) is 0. The number of hydrogen-bond donors (Lipinski definition) is 1. The van der Waals surface area contributed by atoms with Crippen LogP contribution in [0.3, 0.4) is 0 Å². The Balaban J connectivity index is 0.00000324. The molecule has 1 N–H and O–H groups in total. The van der Waals surface area contributed by atoms with Crippen molar-refractivity contribution in [3.8, 4) is 0 Å². The van der Waals surface area contributed by atoms with Crippen molar-refractivity contribution < 1.29 is 6.22 Å². The lowest BCUT2D eigenvalue weighted by Crippen LogP contribution is -2.24. The van der Waals surface area contributed by atoms with Crippen LogP contribution in [0.4, 0.5) is 0 Å². The third kappa shape index (κ3) is 4.29. The molecule has 96 valence electrons. The predicted molar refractivity (Wildman–Crippen MR) is 73.4 cm³/mol. The lowest BCUT2D eigenvalue weighted by atomic mass is 10.3. The maximum absolute atomic E-state index is 11.8. The van der Waals surface area contributed by atoms with Gasteiger partial charge in [0.15, 0.2) is 0 Å². The molecule has 0 spiro atoms. The summed E-state index contributed by atoms with van der Waals surface area (Å²) >= 11 is 0. The number of carbonyl (C=O) groups is 1. The van der Waals surface area contributed by atoms with Crippen LogP contribution in [0, 0.1) is 6.92 Å². The molecule has 1 aromatic rings. The number of carbonyl (C=O) groups excluding carboxylic acids is 1. The summed E-state index contributed by atoms with van der Waals surface area (Å²) in [4.78, 5) is 23.6. The molecule has 1 heterocycles. The van der Waals surface area contributed by atoms with E-state index < -0.39 is 0 Å². The number of allylic oxidation sites excluding steroid dienone is 2.